The third-order valence-corrected chi connectivity index (χ3v) is 6.87. The van der Waals surface area contributed by atoms with Crippen LogP contribution in [0.5, 0.6) is 0 Å². The van der Waals surface area contributed by atoms with Crippen LogP contribution in [0.2, 0.25) is 0 Å². The van der Waals surface area contributed by atoms with Crippen molar-refractivity contribution in [1.82, 2.24) is 14.8 Å². The molecule has 0 aliphatic carbocycles. The van der Waals surface area contributed by atoms with Crippen LogP contribution in [0.1, 0.15) is 66.2 Å². The Morgan fingerprint density at radius 3 is 2.47 bits per heavy atom. The fourth-order valence-corrected chi connectivity index (χ4v) is 5.17. The second-order valence-electron chi connectivity index (χ2n) is 8.09. The fraction of sp³-hybridized carbons (Fsp3) is 0.522. The number of imide groups is 1. The van der Waals surface area contributed by atoms with E-state index in [9.17, 15) is 14.4 Å². The first-order valence-corrected chi connectivity index (χ1v) is 11.6. The molecule has 1 N–H and O–H groups in total. The van der Waals surface area contributed by atoms with Gasteiger partial charge in [-0.3, -0.25) is 14.5 Å². The Kier molecular flexibility index (Phi) is 6.81. The summed E-state index contributed by atoms with van der Waals surface area (Å²) in [4.78, 5) is 41.1. The molecule has 1 saturated heterocycles. The van der Waals surface area contributed by atoms with Crippen molar-refractivity contribution < 1.29 is 14.4 Å². The summed E-state index contributed by atoms with van der Waals surface area (Å²) in [6, 6.07) is 5.57. The molecule has 1 aliphatic rings. The molecule has 1 fully saturated rings. The summed E-state index contributed by atoms with van der Waals surface area (Å²) < 4.78 is 2.14. The summed E-state index contributed by atoms with van der Waals surface area (Å²) in [6.07, 6.45) is 3.67. The Labute approximate surface area is 182 Å². The highest BCUT2D eigenvalue weighted by atomic mass is 32.1. The highest BCUT2D eigenvalue weighted by Crippen LogP contribution is 2.28. The average Bonchev–Trinajstić information content (AvgIpc) is 3.37. The molecule has 6 nitrogen and oxygen atoms in total. The summed E-state index contributed by atoms with van der Waals surface area (Å²) in [5.74, 6) is -0.464. The van der Waals surface area contributed by atoms with Gasteiger partial charge in [-0.1, -0.05) is 32.8 Å². The van der Waals surface area contributed by atoms with E-state index in [0.29, 0.717) is 18.4 Å². The van der Waals surface area contributed by atoms with E-state index >= 15 is 0 Å². The number of nitrogens with one attached hydrogen (secondary N) is 1. The van der Waals surface area contributed by atoms with Crippen molar-refractivity contribution in [3.63, 3.8) is 0 Å². The number of amides is 3. The van der Waals surface area contributed by atoms with E-state index in [1.165, 1.54) is 4.88 Å². The zero-order chi connectivity index (χ0) is 21.9. The quantitative estimate of drug-likeness (QED) is 0.447. The summed E-state index contributed by atoms with van der Waals surface area (Å²) in [7, 11) is 0. The number of nitrogens with zero attached hydrogens (tertiary/aromatic N) is 2. The van der Waals surface area contributed by atoms with Gasteiger partial charge in [-0.2, -0.15) is 0 Å². The van der Waals surface area contributed by atoms with Gasteiger partial charge in [-0.25, -0.2) is 4.79 Å². The molecule has 3 rings (SSSR count). The van der Waals surface area contributed by atoms with E-state index < -0.39 is 11.6 Å². The highest BCUT2D eigenvalue weighted by molar-refractivity contribution is 7.09. The number of ketones is 1. The lowest BCUT2D eigenvalue weighted by molar-refractivity contribution is -0.131. The van der Waals surface area contributed by atoms with Gasteiger partial charge in [-0.05, 0) is 50.6 Å². The van der Waals surface area contributed by atoms with Gasteiger partial charge in [-0.15, -0.1) is 11.3 Å². The van der Waals surface area contributed by atoms with Gasteiger partial charge in [0.05, 0.1) is 6.54 Å². The van der Waals surface area contributed by atoms with E-state index in [4.69, 9.17) is 0 Å². The van der Waals surface area contributed by atoms with Gasteiger partial charge < -0.3 is 9.88 Å². The fourth-order valence-electron chi connectivity index (χ4n) is 4.47. The van der Waals surface area contributed by atoms with Crippen molar-refractivity contribution in [1.29, 1.82) is 0 Å². The van der Waals surface area contributed by atoms with E-state index in [-0.39, 0.29) is 18.2 Å². The third-order valence-electron chi connectivity index (χ3n) is 5.94. The first kappa shape index (κ1) is 22.3. The third kappa shape index (κ3) is 4.21. The van der Waals surface area contributed by atoms with Gasteiger partial charge in [0.2, 0.25) is 0 Å². The van der Waals surface area contributed by atoms with Gasteiger partial charge in [0.15, 0.2) is 5.78 Å². The number of hydrogen-bond acceptors (Lipinski definition) is 4. The Morgan fingerprint density at radius 2 is 1.87 bits per heavy atom. The Hall–Kier alpha value is -2.41. The summed E-state index contributed by atoms with van der Waals surface area (Å²) in [6.45, 7) is 8.49. The Balaban J connectivity index is 1.75. The van der Waals surface area contributed by atoms with Crippen LogP contribution in [0.3, 0.4) is 0 Å². The van der Waals surface area contributed by atoms with Crippen molar-refractivity contribution in [2.75, 3.05) is 6.54 Å². The van der Waals surface area contributed by atoms with Gasteiger partial charge in [0.25, 0.3) is 5.91 Å². The lowest BCUT2D eigenvalue weighted by Crippen LogP contribution is -2.47. The van der Waals surface area contributed by atoms with Gasteiger partial charge in [0.1, 0.15) is 5.54 Å². The van der Waals surface area contributed by atoms with Crippen LogP contribution in [-0.4, -0.2) is 39.3 Å². The largest absolute Gasteiger partial charge is 0.348 e. The molecule has 2 aromatic heterocycles. The number of Topliss-reactive ketones (excluding diaryl/α,β-unsaturated/α-hetero) is 1. The number of thiophene rings is 1. The zero-order valence-corrected chi connectivity index (χ0v) is 19.1. The maximum Gasteiger partial charge on any atom is 0.325 e. The highest BCUT2D eigenvalue weighted by Gasteiger charge is 2.50. The van der Waals surface area contributed by atoms with Gasteiger partial charge in [0, 0.05) is 28.4 Å². The van der Waals surface area contributed by atoms with Crippen molar-refractivity contribution in [2.45, 2.75) is 71.9 Å². The molecular weight excluding hydrogens is 398 g/mol. The van der Waals surface area contributed by atoms with Crippen molar-refractivity contribution >= 4 is 29.1 Å². The molecule has 2 aromatic rings. The van der Waals surface area contributed by atoms with Gasteiger partial charge >= 0.3 is 6.03 Å². The Bertz CT molecular complexity index is 924. The maximum atomic E-state index is 13.1. The molecular formula is C23H31N3O3S. The zero-order valence-electron chi connectivity index (χ0n) is 18.3. The number of carbonyl (C=O) groups is 3. The summed E-state index contributed by atoms with van der Waals surface area (Å²) >= 11 is 1.73. The molecule has 0 unspecified atom stereocenters. The first-order chi connectivity index (χ1) is 14.3. The second kappa shape index (κ2) is 9.16. The average molecular weight is 430 g/mol. The lowest BCUT2D eigenvalue weighted by Gasteiger charge is -2.25. The standard InChI is InChI=1S/C23H31N3O3S/c1-5-10-23(11-6-2)21(28)26(22(29)24-23)15-20(27)19-14-16(3)25(17(19)4)12-9-18-8-7-13-30-18/h7-8,13-14H,5-6,9-12,15H2,1-4H3,(H,24,29). The number of rotatable bonds is 10. The normalized spacial score (nSPS) is 15.7. The molecule has 3 heterocycles. The number of hydrogen-bond donors (Lipinski definition) is 1. The van der Waals surface area contributed by atoms with Crippen LogP contribution < -0.4 is 5.32 Å². The minimum Gasteiger partial charge on any atom is -0.348 e. The molecule has 0 atom stereocenters. The van der Waals surface area contributed by atoms with Crippen LogP contribution in [0.15, 0.2) is 23.6 Å². The molecule has 0 saturated carbocycles. The molecule has 3 amide bonds. The molecule has 1 aliphatic heterocycles. The molecule has 0 bridgehead atoms. The van der Waals surface area contributed by atoms with Crippen LogP contribution in [0.4, 0.5) is 4.79 Å². The number of urea groups is 1. The predicted octanol–water partition coefficient (Wildman–Crippen LogP) is 4.48. The van der Waals surface area contributed by atoms with Crippen LogP contribution in [-0.2, 0) is 17.8 Å². The van der Waals surface area contributed by atoms with Crippen molar-refractivity contribution in [3.05, 3.63) is 45.4 Å². The minimum absolute atomic E-state index is 0.197. The van der Waals surface area contributed by atoms with E-state index in [0.717, 1.165) is 42.1 Å². The molecule has 0 spiro atoms. The Morgan fingerprint density at radius 1 is 1.17 bits per heavy atom. The molecule has 30 heavy (non-hydrogen) atoms. The van der Waals surface area contributed by atoms with Crippen LogP contribution in [0, 0.1) is 13.8 Å². The minimum atomic E-state index is -0.863. The molecule has 0 radical (unpaired) electrons. The van der Waals surface area contributed by atoms with E-state index in [1.807, 2.05) is 39.8 Å². The smallest absolute Gasteiger partial charge is 0.325 e. The van der Waals surface area contributed by atoms with Crippen LogP contribution >= 0.6 is 11.3 Å². The van der Waals surface area contributed by atoms with Crippen LogP contribution in [0.25, 0.3) is 0 Å². The van der Waals surface area contributed by atoms with E-state index in [2.05, 4.69) is 21.3 Å². The molecule has 162 valence electrons. The number of aromatic nitrogens is 1. The summed E-state index contributed by atoms with van der Waals surface area (Å²) in [5, 5.41) is 4.94. The SMILES string of the molecule is CCCC1(CCC)NC(=O)N(CC(=O)c2cc(C)n(CCc3cccs3)c2C)C1=O. The monoisotopic (exact) mass is 429 g/mol. The number of aryl methyl sites for hydroxylation is 2. The molecule has 0 aromatic carbocycles. The second-order valence-corrected chi connectivity index (χ2v) is 9.12. The molecule has 7 heteroatoms. The predicted molar refractivity (Wildman–Crippen MR) is 119 cm³/mol. The van der Waals surface area contributed by atoms with E-state index in [1.54, 1.807) is 11.3 Å². The topological polar surface area (TPSA) is 71.4 Å². The maximum absolute atomic E-state index is 13.1. The number of carbonyl (C=O) groups excluding carboxylic acids is 3. The first-order valence-electron chi connectivity index (χ1n) is 10.7. The van der Waals surface area contributed by atoms with Crippen molar-refractivity contribution in [3.8, 4) is 0 Å². The lowest BCUT2D eigenvalue weighted by atomic mass is 9.88. The summed E-state index contributed by atoms with van der Waals surface area (Å²) in [5.41, 5.74) is 1.62. The van der Waals surface area contributed by atoms with Crippen molar-refractivity contribution in [2.24, 2.45) is 0 Å².